The summed E-state index contributed by atoms with van der Waals surface area (Å²) in [5, 5.41) is 7.46. The Balaban J connectivity index is 1.68. The third-order valence-electron chi connectivity index (χ3n) is 5.17. The number of aryl methyl sites for hydroxylation is 1. The van der Waals surface area contributed by atoms with Crippen molar-refractivity contribution in [2.24, 2.45) is 7.05 Å². The summed E-state index contributed by atoms with van der Waals surface area (Å²) in [6.07, 6.45) is 6.52. The van der Waals surface area contributed by atoms with Crippen LogP contribution in [0.25, 0.3) is 22.5 Å². The van der Waals surface area contributed by atoms with Crippen molar-refractivity contribution >= 4 is 5.91 Å². The average molecular weight is 443 g/mol. The van der Waals surface area contributed by atoms with Gasteiger partial charge in [0.1, 0.15) is 5.82 Å². The van der Waals surface area contributed by atoms with Crippen molar-refractivity contribution < 1.29 is 9.18 Å². The molecule has 0 aliphatic rings. The van der Waals surface area contributed by atoms with Gasteiger partial charge in [-0.3, -0.25) is 19.3 Å². The molecule has 4 rings (SSSR count). The molecular formula is C25H22FN5O2. The summed E-state index contributed by atoms with van der Waals surface area (Å²) in [4.78, 5) is 27.8. The zero-order valence-electron chi connectivity index (χ0n) is 18.0. The maximum atomic E-state index is 13.3. The maximum absolute atomic E-state index is 13.3. The van der Waals surface area contributed by atoms with Gasteiger partial charge < -0.3 is 9.88 Å². The number of halogens is 1. The Kier molecular flexibility index (Phi) is 6.26. The van der Waals surface area contributed by atoms with Crippen LogP contribution in [-0.4, -0.2) is 25.2 Å². The zero-order valence-corrected chi connectivity index (χ0v) is 18.0. The van der Waals surface area contributed by atoms with Crippen molar-refractivity contribution in [1.29, 1.82) is 0 Å². The highest BCUT2D eigenvalue weighted by Gasteiger charge is 2.13. The molecule has 1 aromatic carbocycles. The number of rotatable bonds is 7. The standard InChI is InChI=1S/C25H22FN5O2/c1-3-24(32)28-14-19-13-27-23(18-5-7-20(26)8-6-18)12-21(19)22-10-11-31(29-22)16-17-4-9-25(33)30(2)15-17/h3-13,15H,1,14,16H2,2H3,(H,28,32). The number of amides is 1. The van der Waals surface area contributed by atoms with Crippen LogP contribution < -0.4 is 10.9 Å². The van der Waals surface area contributed by atoms with E-state index in [0.717, 1.165) is 22.3 Å². The molecule has 0 aliphatic carbocycles. The number of hydrogen-bond acceptors (Lipinski definition) is 4. The van der Waals surface area contributed by atoms with Gasteiger partial charge >= 0.3 is 0 Å². The molecule has 1 N–H and O–H groups in total. The SMILES string of the molecule is C=CC(=O)NCc1cnc(-c2ccc(F)cc2)cc1-c1ccn(Cc2ccc(=O)n(C)c2)n1. The van der Waals surface area contributed by atoms with E-state index in [0.29, 0.717) is 17.9 Å². The van der Waals surface area contributed by atoms with E-state index in [4.69, 9.17) is 5.10 Å². The van der Waals surface area contributed by atoms with E-state index in [1.807, 2.05) is 18.3 Å². The first-order chi connectivity index (χ1) is 15.9. The lowest BCUT2D eigenvalue weighted by Gasteiger charge is -2.11. The molecule has 7 nitrogen and oxygen atoms in total. The van der Waals surface area contributed by atoms with Gasteiger partial charge in [0.15, 0.2) is 0 Å². The first-order valence-corrected chi connectivity index (χ1v) is 10.3. The molecular weight excluding hydrogens is 421 g/mol. The summed E-state index contributed by atoms with van der Waals surface area (Å²) in [6.45, 7) is 4.22. The van der Waals surface area contributed by atoms with Crippen LogP contribution in [-0.2, 0) is 24.9 Å². The number of hydrogen-bond donors (Lipinski definition) is 1. The van der Waals surface area contributed by atoms with E-state index in [1.54, 1.807) is 42.3 Å². The fourth-order valence-corrected chi connectivity index (χ4v) is 3.42. The van der Waals surface area contributed by atoms with Crippen LogP contribution in [0.3, 0.4) is 0 Å². The summed E-state index contributed by atoms with van der Waals surface area (Å²) in [5.74, 6) is -0.608. The minimum Gasteiger partial charge on any atom is -0.348 e. The second-order valence-corrected chi connectivity index (χ2v) is 7.54. The van der Waals surface area contributed by atoms with Crippen molar-refractivity contribution in [3.63, 3.8) is 0 Å². The van der Waals surface area contributed by atoms with Gasteiger partial charge in [-0.1, -0.05) is 12.6 Å². The molecule has 4 aromatic rings. The number of carbonyl (C=O) groups is 1. The molecule has 0 unspecified atom stereocenters. The van der Waals surface area contributed by atoms with Crippen molar-refractivity contribution in [3.05, 3.63) is 107 Å². The molecule has 1 amide bonds. The lowest BCUT2D eigenvalue weighted by atomic mass is 10.0. The molecule has 8 heteroatoms. The van der Waals surface area contributed by atoms with Gasteiger partial charge in [0.25, 0.3) is 0 Å². The number of pyridine rings is 2. The third kappa shape index (κ3) is 5.12. The monoisotopic (exact) mass is 443 g/mol. The van der Waals surface area contributed by atoms with E-state index >= 15 is 0 Å². The van der Waals surface area contributed by atoms with Gasteiger partial charge in [0.05, 0.1) is 17.9 Å². The maximum Gasteiger partial charge on any atom is 0.250 e. The first kappa shape index (κ1) is 21.9. The summed E-state index contributed by atoms with van der Waals surface area (Å²) < 4.78 is 16.7. The highest BCUT2D eigenvalue weighted by molar-refractivity contribution is 5.87. The van der Waals surface area contributed by atoms with Crippen LogP contribution in [0.4, 0.5) is 4.39 Å². The van der Waals surface area contributed by atoms with Crippen LogP contribution in [0.15, 0.2) is 84.6 Å². The average Bonchev–Trinajstić information content (AvgIpc) is 3.28. The normalized spacial score (nSPS) is 10.7. The second-order valence-electron chi connectivity index (χ2n) is 7.54. The summed E-state index contributed by atoms with van der Waals surface area (Å²) in [5.41, 5.74) is 4.58. The van der Waals surface area contributed by atoms with E-state index in [1.165, 1.54) is 28.8 Å². The fraction of sp³-hybridized carbons (Fsp3) is 0.120. The van der Waals surface area contributed by atoms with Gasteiger partial charge in [0, 0.05) is 49.4 Å². The van der Waals surface area contributed by atoms with Gasteiger partial charge in [-0.2, -0.15) is 5.10 Å². The van der Waals surface area contributed by atoms with Gasteiger partial charge in [-0.15, -0.1) is 0 Å². The molecule has 0 fully saturated rings. The number of nitrogens with zero attached hydrogens (tertiary/aromatic N) is 4. The van der Waals surface area contributed by atoms with E-state index in [-0.39, 0.29) is 23.8 Å². The highest BCUT2D eigenvalue weighted by atomic mass is 19.1. The molecule has 33 heavy (non-hydrogen) atoms. The Morgan fingerprint density at radius 1 is 1.15 bits per heavy atom. The van der Waals surface area contributed by atoms with Gasteiger partial charge in [0.2, 0.25) is 11.5 Å². The predicted molar refractivity (Wildman–Crippen MR) is 124 cm³/mol. The summed E-state index contributed by atoms with van der Waals surface area (Å²) in [7, 11) is 1.71. The number of aromatic nitrogens is 4. The molecule has 166 valence electrons. The topological polar surface area (TPSA) is 81.8 Å². The molecule has 3 heterocycles. The summed E-state index contributed by atoms with van der Waals surface area (Å²) >= 11 is 0. The van der Waals surface area contributed by atoms with Crippen LogP contribution in [0.1, 0.15) is 11.1 Å². The zero-order chi connectivity index (χ0) is 23.4. The number of benzene rings is 1. The van der Waals surface area contributed by atoms with Crippen LogP contribution in [0, 0.1) is 5.82 Å². The van der Waals surface area contributed by atoms with Crippen LogP contribution in [0.5, 0.6) is 0 Å². The van der Waals surface area contributed by atoms with E-state index in [2.05, 4.69) is 16.9 Å². The van der Waals surface area contributed by atoms with Crippen LogP contribution >= 0.6 is 0 Å². The Labute approximate surface area is 189 Å². The highest BCUT2D eigenvalue weighted by Crippen LogP contribution is 2.27. The van der Waals surface area contributed by atoms with Gasteiger partial charge in [-0.25, -0.2) is 4.39 Å². The molecule has 0 bridgehead atoms. The van der Waals surface area contributed by atoms with Gasteiger partial charge in [-0.05, 0) is 53.6 Å². The van der Waals surface area contributed by atoms with Crippen molar-refractivity contribution in [2.75, 3.05) is 0 Å². The molecule has 3 aromatic heterocycles. The van der Waals surface area contributed by atoms with E-state index < -0.39 is 0 Å². The molecule has 0 saturated carbocycles. The third-order valence-corrected chi connectivity index (χ3v) is 5.17. The molecule has 0 atom stereocenters. The lowest BCUT2D eigenvalue weighted by Crippen LogP contribution is -2.20. The molecule has 0 spiro atoms. The minimum atomic E-state index is -0.320. The number of carbonyl (C=O) groups excluding carboxylic acids is 1. The largest absolute Gasteiger partial charge is 0.348 e. The minimum absolute atomic E-state index is 0.0729. The van der Waals surface area contributed by atoms with Crippen molar-refractivity contribution in [3.8, 4) is 22.5 Å². The van der Waals surface area contributed by atoms with Crippen molar-refractivity contribution in [1.82, 2.24) is 24.6 Å². The Hall–Kier alpha value is -4.33. The number of nitrogens with one attached hydrogen (secondary N) is 1. The Morgan fingerprint density at radius 2 is 1.94 bits per heavy atom. The second kappa shape index (κ2) is 9.44. The van der Waals surface area contributed by atoms with Crippen LogP contribution in [0.2, 0.25) is 0 Å². The van der Waals surface area contributed by atoms with Crippen molar-refractivity contribution in [2.45, 2.75) is 13.1 Å². The quantitative estimate of drug-likeness (QED) is 0.445. The smallest absolute Gasteiger partial charge is 0.250 e. The molecule has 0 radical (unpaired) electrons. The van der Waals surface area contributed by atoms with E-state index in [9.17, 15) is 14.0 Å². The summed E-state index contributed by atoms with van der Waals surface area (Å²) in [6, 6.07) is 13.2. The Morgan fingerprint density at radius 3 is 2.67 bits per heavy atom. The Bertz CT molecular complexity index is 1370. The predicted octanol–water partition coefficient (Wildman–Crippen LogP) is 3.30. The molecule has 0 saturated heterocycles. The first-order valence-electron chi connectivity index (χ1n) is 10.3. The lowest BCUT2D eigenvalue weighted by molar-refractivity contribution is -0.116. The molecule has 0 aliphatic heterocycles. The fourth-order valence-electron chi connectivity index (χ4n) is 3.42.